The number of carbonyl (C=O) groups excluding carboxylic acids is 1. The molecule has 0 saturated carbocycles. The first-order chi connectivity index (χ1) is 16.3. The molecular weight excluding hydrogens is 486 g/mol. The number of nitrogens with zero attached hydrogens (tertiary/aromatic N) is 1. The summed E-state index contributed by atoms with van der Waals surface area (Å²) < 4.78 is 54.1. The maximum Gasteiger partial charge on any atom is 0.261 e. The topological polar surface area (TPSA) is 113 Å². The Morgan fingerprint density at radius 1 is 0.800 bits per heavy atom. The lowest BCUT2D eigenvalue weighted by Crippen LogP contribution is -2.45. The molecule has 0 radical (unpaired) electrons. The van der Waals surface area contributed by atoms with E-state index in [4.69, 9.17) is 0 Å². The fraction of sp³-hybridized carbons (Fsp3) is 0.240. The second-order valence-corrected chi connectivity index (χ2v) is 12.1. The van der Waals surface area contributed by atoms with Gasteiger partial charge in [0.25, 0.3) is 10.0 Å². The van der Waals surface area contributed by atoms with Crippen LogP contribution in [0.5, 0.6) is 0 Å². The Balaban J connectivity index is 1.78. The fourth-order valence-electron chi connectivity index (χ4n) is 3.77. The number of nitrogens with one attached hydrogen (secondary N) is 2. The minimum atomic E-state index is -3.82. The maximum absolute atomic E-state index is 13.0. The second-order valence-electron chi connectivity index (χ2n) is 8.57. The van der Waals surface area contributed by atoms with E-state index < -0.39 is 32.0 Å². The molecule has 1 amide bonds. The molecule has 3 rings (SSSR count). The van der Waals surface area contributed by atoms with E-state index in [-0.39, 0.29) is 4.90 Å². The monoisotopic (exact) mass is 515 g/mol. The summed E-state index contributed by atoms with van der Waals surface area (Å²) in [4.78, 5) is 13.0. The zero-order valence-electron chi connectivity index (χ0n) is 20.2. The van der Waals surface area contributed by atoms with Crippen LogP contribution in [0, 0.1) is 20.8 Å². The van der Waals surface area contributed by atoms with Gasteiger partial charge in [0.1, 0.15) is 6.04 Å². The number of rotatable bonds is 8. The van der Waals surface area contributed by atoms with Crippen molar-refractivity contribution in [2.24, 2.45) is 0 Å². The third kappa shape index (κ3) is 6.61. The summed E-state index contributed by atoms with van der Waals surface area (Å²) in [6.07, 6.45) is 1.05. The third-order valence-electron chi connectivity index (χ3n) is 5.25. The molecule has 0 aliphatic rings. The van der Waals surface area contributed by atoms with Crippen LogP contribution >= 0.6 is 0 Å². The van der Waals surface area contributed by atoms with Gasteiger partial charge in [0.05, 0.1) is 16.8 Å². The lowest BCUT2D eigenvalue weighted by atomic mass is 10.1. The zero-order valence-corrected chi connectivity index (χ0v) is 21.9. The average Bonchev–Trinajstić information content (AvgIpc) is 2.72. The lowest BCUT2D eigenvalue weighted by molar-refractivity contribution is -0.116. The quantitative estimate of drug-likeness (QED) is 0.467. The molecule has 0 bridgehead atoms. The van der Waals surface area contributed by atoms with Crippen LogP contribution < -0.4 is 14.3 Å². The van der Waals surface area contributed by atoms with Crippen LogP contribution in [0.1, 0.15) is 23.6 Å². The van der Waals surface area contributed by atoms with E-state index in [0.29, 0.717) is 17.1 Å². The summed E-state index contributed by atoms with van der Waals surface area (Å²) in [6, 6.07) is 16.9. The van der Waals surface area contributed by atoms with Crippen molar-refractivity contribution in [2.45, 2.75) is 38.6 Å². The highest BCUT2D eigenvalue weighted by atomic mass is 32.2. The largest absolute Gasteiger partial charge is 0.324 e. The van der Waals surface area contributed by atoms with Gasteiger partial charge in [-0.15, -0.1) is 0 Å². The number of carbonyl (C=O) groups is 1. The Kier molecular flexibility index (Phi) is 7.56. The van der Waals surface area contributed by atoms with Gasteiger partial charge in [0, 0.05) is 11.4 Å². The van der Waals surface area contributed by atoms with Crippen molar-refractivity contribution in [2.75, 3.05) is 20.6 Å². The number of hydrogen-bond acceptors (Lipinski definition) is 5. The van der Waals surface area contributed by atoms with Crippen LogP contribution in [0.15, 0.2) is 71.6 Å². The molecule has 0 unspecified atom stereocenters. The normalized spacial score (nSPS) is 12.6. The van der Waals surface area contributed by atoms with E-state index in [1.165, 1.54) is 31.2 Å². The first kappa shape index (κ1) is 26.2. The van der Waals surface area contributed by atoms with Crippen LogP contribution in [0.3, 0.4) is 0 Å². The summed E-state index contributed by atoms with van der Waals surface area (Å²) in [5.41, 5.74) is 3.85. The molecule has 0 aliphatic carbocycles. The Morgan fingerprint density at radius 3 is 1.94 bits per heavy atom. The van der Waals surface area contributed by atoms with E-state index in [1.54, 1.807) is 30.3 Å². The van der Waals surface area contributed by atoms with Gasteiger partial charge in [-0.1, -0.05) is 18.2 Å². The highest BCUT2D eigenvalue weighted by Gasteiger charge is 2.29. The Hall–Kier alpha value is -3.37. The fourth-order valence-corrected chi connectivity index (χ4v) is 5.98. The predicted octanol–water partition coefficient (Wildman–Crippen LogP) is 4.21. The molecule has 1 atom stereocenters. The highest BCUT2D eigenvalue weighted by Crippen LogP contribution is 2.25. The summed E-state index contributed by atoms with van der Waals surface area (Å²) in [6.45, 7) is 7.07. The van der Waals surface area contributed by atoms with Crippen molar-refractivity contribution in [1.29, 1.82) is 0 Å². The van der Waals surface area contributed by atoms with Gasteiger partial charge >= 0.3 is 0 Å². The molecule has 2 N–H and O–H groups in total. The number of anilines is 3. The Bertz CT molecular complexity index is 1430. The molecule has 3 aromatic carbocycles. The van der Waals surface area contributed by atoms with Crippen molar-refractivity contribution in [3.05, 3.63) is 83.4 Å². The number of aryl methyl sites for hydroxylation is 3. The Morgan fingerprint density at radius 2 is 1.40 bits per heavy atom. The van der Waals surface area contributed by atoms with Crippen LogP contribution in [-0.4, -0.2) is 35.0 Å². The van der Waals surface area contributed by atoms with Crippen LogP contribution in [0.4, 0.5) is 17.1 Å². The minimum Gasteiger partial charge on any atom is -0.324 e. The van der Waals surface area contributed by atoms with Crippen LogP contribution in [0.25, 0.3) is 0 Å². The standard InChI is InChI=1S/C25H29N3O5S2/c1-17-7-6-8-22(14-17)27-35(32,33)24-11-9-21(10-12-24)26-25(29)20(4)28(34(5,30)31)23-15-18(2)13-19(3)16-23/h6-16,20,27H,1-5H3,(H,26,29)/t20-/m0/s1. The second kappa shape index (κ2) is 10.1. The minimum absolute atomic E-state index is 0.0260. The molecule has 10 heteroatoms. The molecule has 0 fully saturated rings. The van der Waals surface area contributed by atoms with Gasteiger partial charge < -0.3 is 5.32 Å². The zero-order chi connectivity index (χ0) is 26.0. The van der Waals surface area contributed by atoms with Gasteiger partial charge in [0.2, 0.25) is 15.9 Å². The lowest BCUT2D eigenvalue weighted by Gasteiger charge is -2.28. The number of amides is 1. The van der Waals surface area contributed by atoms with Gasteiger partial charge in [-0.3, -0.25) is 13.8 Å². The first-order valence-corrected chi connectivity index (χ1v) is 14.2. The molecule has 3 aromatic rings. The van der Waals surface area contributed by atoms with Crippen molar-refractivity contribution < 1.29 is 21.6 Å². The van der Waals surface area contributed by atoms with Crippen LogP contribution in [-0.2, 0) is 24.8 Å². The van der Waals surface area contributed by atoms with Crippen molar-refractivity contribution >= 4 is 43.0 Å². The third-order valence-corrected chi connectivity index (χ3v) is 7.89. The van der Waals surface area contributed by atoms with Crippen LogP contribution in [0.2, 0.25) is 0 Å². The van der Waals surface area contributed by atoms with Gasteiger partial charge in [0.15, 0.2) is 0 Å². The first-order valence-electron chi connectivity index (χ1n) is 10.8. The maximum atomic E-state index is 13.0. The smallest absolute Gasteiger partial charge is 0.261 e. The van der Waals surface area contributed by atoms with E-state index in [0.717, 1.165) is 27.3 Å². The highest BCUT2D eigenvalue weighted by molar-refractivity contribution is 7.92. The number of sulfonamides is 2. The van der Waals surface area contributed by atoms with Gasteiger partial charge in [-0.25, -0.2) is 16.8 Å². The number of benzene rings is 3. The molecule has 0 heterocycles. The molecule has 0 aliphatic heterocycles. The summed E-state index contributed by atoms with van der Waals surface area (Å²) in [7, 11) is -7.58. The molecule has 186 valence electrons. The van der Waals surface area contributed by atoms with Crippen molar-refractivity contribution in [1.82, 2.24) is 0 Å². The molecule has 0 saturated heterocycles. The summed E-state index contributed by atoms with van der Waals surface area (Å²) in [5.74, 6) is -0.553. The molecule has 0 spiro atoms. The van der Waals surface area contributed by atoms with Gasteiger partial charge in [-0.05, 0) is 92.9 Å². The van der Waals surface area contributed by atoms with Gasteiger partial charge in [-0.2, -0.15) is 0 Å². The Labute approximate surface area is 207 Å². The van der Waals surface area contributed by atoms with Crippen molar-refractivity contribution in [3.8, 4) is 0 Å². The summed E-state index contributed by atoms with van der Waals surface area (Å²) >= 11 is 0. The van der Waals surface area contributed by atoms with E-state index in [2.05, 4.69) is 10.0 Å². The van der Waals surface area contributed by atoms with Crippen molar-refractivity contribution in [3.63, 3.8) is 0 Å². The number of hydrogen-bond donors (Lipinski definition) is 2. The van der Waals surface area contributed by atoms with E-state index in [9.17, 15) is 21.6 Å². The SMILES string of the molecule is Cc1cccc(NS(=O)(=O)c2ccc(NC(=O)[C@H](C)N(c3cc(C)cc(C)c3)S(C)(=O)=O)cc2)c1. The molecular formula is C25H29N3O5S2. The predicted molar refractivity (Wildman–Crippen MR) is 140 cm³/mol. The molecule has 35 heavy (non-hydrogen) atoms. The molecule has 0 aromatic heterocycles. The summed E-state index contributed by atoms with van der Waals surface area (Å²) in [5, 5.41) is 2.67. The average molecular weight is 516 g/mol. The van der Waals surface area contributed by atoms with E-state index in [1.807, 2.05) is 32.9 Å². The van der Waals surface area contributed by atoms with E-state index >= 15 is 0 Å². The molecule has 8 nitrogen and oxygen atoms in total.